The smallest absolute Gasteiger partial charge is 0.356 e. The number of carboxylic acids is 1. The lowest BCUT2D eigenvalue weighted by atomic mass is 10.0. The van der Waals surface area contributed by atoms with Crippen molar-refractivity contribution in [2.45, 2.75) is 144 Å². The second-order valence-corrected chi connectivity index (χ2v) is 21.6. The predicted molar refractivity (Wildman–Crippen MR) is 317 cm³/mol. The minimum Gasteiger partial charge on any atom is -0.476 e. The third-order valence-electron chi connectivity index (χ3n) is 13.8. The fourth-order valence-corrected chi connectivity index (χ4v) is 9.55. The van der Waals surface area contributed by atoms with Crippen molar-refractivity contribution in [1.29, 1.82) is 0 Å². The molecule has 0 fully saturated rings. The van der Waals surface area contributed by atoms with Crippen LogP contribution in [0.1, 0.15) is 159 Å². The highest BCUT2D eigenvalue weighted by Gasteiger charge is 2.35. The maximum absolute atomic E-state index is 13.9. The van der Waals surface area contributed by atoms with E-state index in [1.54, 1.807) is 58.0 Å². The van der Waals surface area contributed by atoms with Gasteiger partial charge in [0, 0.05) is 61.6 Å². The van der Waals surface area contributed by atoms with Gasteiger partial charge >= 0.3 is 17.9 Å². The van der Waals surface area contributed by atoms with Gasteiger partial charge < -0.3 is 34.8 Å². The highest BCUT2D eigenvalue weighted by molar-refractivity contribution is 6.31. The van der Waals surface area contributed by atoms with Crippen molar-refractivity contribution in [2.24, 2.45) is 17.6 Å². The van der Waals surface area contributed by atoms with Crippen molar-refractivity contribution in [3.05, 3.63) is 165 Å². The number of carbonyl (C=O) groups is 6. The van der Waals surface area contributed by atoms with E-state index in [-0.39, 0.29) is 49.2 Å². The molecule has 0 radical (unpaired) electrons. The summed E-state index contributed by atoms with van der Waals surface area (Å²) in [6.07, 6.45) is 8.41. The quantitative estimate of drug-likeness (QED) is 0.0573. The van der Waals surface area contributed by atoms with Crippen LogP contribution in [0, 0.1) is 11.8 Å². The number of carbonyl (C=O) groups excluding carboxylic acids is 5. The summed E-state index contributed by atoms with van der Waals surface area (Å²) in [5.74, 6) is -0.963. The molecule has 17 nitrogen and oxygen atoms in total. The average Bonchev–Trinajstić information content (AvgIpc) is 4.29. The number of nitrogens with one attached hydrogen (secondary N) is 1. The zero-order valence-electron chi connectivity index (χ0n) is 47.2. The molecule has 19 heteroatoms. The molecule has 4 aromatic carbocycles. The molecule has 81 heavy (non-hydrogen) atoms. The highest BCUT2D eigenvalue weighted by atomic mass is 35.5. The molecule has 0 saturated heterocycles. The summed E-state index contributed by atoms with van der Waals surface area (Å²) in [5.41, 5.74) is 8.73. The number of nitrogens with two attached hydrogens (primary N) is 1. The van der Waals surface area contributed by atoms with Crippen LogP contribution in [-0.4, -0.2) is 85.0 Å². The first kappa shape index (κ1) is 62.9. The van der Waals surface area contributed by atoms with E-state index in [0.29, 0.717) is 71.9 Å². The molecule has 0 spiro atoms. The zero-order chi connectivity index (χ0) is 58.6. The molecule has 4 heterocycles. The molecule has 0 bridgehead atoms. The summed E-state index contributed by atoms with van der Waals surface area (Å²) in [7, 11) is 0. The molecule has 0 saturated carbocycles. The van der Waals surface area contributed by atoms with Crippen LogP contribution in [0.4, 0.5) is 11.6 Å². The Kier molecular flexibility index (Phi) is 24.1. The lowest BCUT2D eigenvalue weighted by molar-refractivity contribution is -0.149. The van der Waals surface area contributed by atoms with Gasteiger partial charge in [-0.15, -0.1) is 0 Å². The Morgan fingerprint density at radius 3 is 1.49 bits per heavy atom. The van der Waals surface area contributed by atoms with E-state index < -0.39 is 29.9 Å². The van der Waals surface area contributed by atoms with Gasteiger partial charge in [-0.2, -0.15) is 0 Å². The molecule has 4 N–H and O–H groups in total. The van der Waals surface area contributed by atoms with E-state index in [1.807, 2.05) is 107 Å². The zero-order valence-corrected chi connectivity index (χ0v) is 48.8. The minimum absolute atomic E-state index is 0. The van der Waals surface area contributed by atoms with Crippen LogP contribution in [0.5, 0.6) is 0 Å². The van der Waals surface area contributed by atoms with Crippen molar-refractivity contribution in [1.82, 2.24) is 24.4 Å². The third-order valence-corrected chi connectivity index (χ3v) is 14.3. The van der Waals surface area contributed by atoms with E-state index in [0.717, 1.165) is 80.6 Å². The van der Waals surface area contributed by atoms with Crippen molar-refractivity contribution >= 4 is 70.5 Å². The topological polar surface area (TPSA) is 221 Å². The number of aromatic carboxylic acids is 1. The fourth-order valence-electron chi connectivity index (χ4n) is 9.17. The standard InChI is InChI=1S/C31H37ClN4O4.C19H22ClN3O3.C12H17NO2.H2/c1-4-5-17-36(30(38)23-14-11-15-24(32)19-23)28-27(35-18-10-9-16-25(35)33-28)29(37)34-26(21(2)3)31(39)40-20-22-12-7-6-8-13-22;1-2-3-10-23(18(24)13-7-6-8-14(20)12-13)17-16(19(25)26)22-11-5-4-9-15(22)21-17;1-9(2)11(13)12(14)15-8-10-6-4-3-5-7-10;/h6-8,11-15,19,21,26H,4-5,9-10,16-18,20H2,1-3H3,(H,34,37);6-8,12H,2-5,9-11H2,1H3,(H,25,26);3-7,9,11H,8,13H2,1-2H3;1H/t26-;;11-;/m0.0./s1. The van der Waals surface area contributed by atoms with Gasteiger partial charge in [0.05, 0.1) is 0 Å². The number of ether oxygens (including phenoxy) is 2. The second-order valence-electron chi connectivity index (χ2n) is 20.7. The molecule has 2 aliphatic rings. The van der Waals surface area contributed by atoms with Gasteiger partial charge in [0.2, 0.25) is 0 Å². The van der Waals surface area contributed by atoms with Gasteiger partial charge in [-0.05, 0) is 97.9 Å². The van der Waals surface area contributed by atoms with E-state index in [2.05, 4.69) is 10.3 Å². The van der Waals surface area contributed by atoms with Crippen LogP contribution >= 0.6 is 23.2 Å². The summed E-state index contributed by atoms with van der Waals surface area (Å²) in [5, 5.41) is 13.6. The van der Waals surface area contributed by atoms with E-state index >= 15 is 0 Å². The van der Waals surface area contributed by atoms with Crippen LogP contribution in [0.2, 0.25) is 10.0 Å². The van der Waals surface area contributed by atoms with E-state index in [1.165, 1.54) is 4.90 Å². The summed E-state index contributed by atoms with van der Waals surface area (Å²) >= 11 is 12.2. The Morgan fingerprint density at radius 1 is 0.630 bits per heavy atom. The molecule has 6 aromatic rings. The molecule has 2 atom stereocenters. The number of anilines is 2. The van der Waals surface area contributed by atoms with Crippen LogP contribution in [0.25, 0.3) is 0 Å². The van der Waals surface area contributed by atoms with Crippen molar-refractivity contribution in [2.75, 3.05) is 22.9 Å². The maximum atomic E-state index is 13.9. The summed E-state index contributed by atoms with van der Waals surface area (Å²) < 4.78 is 14.3. The van der Waals surface area contributed by atoms with Gasteiger partial charge in [-0.3, -0.25) is 29.0 Å². The number of imidazole rings is 2. The van der Waals surface area contributed by atoms with Gasteiger partial charge in [0.15, 0.2) is 23.0 Å². The predicted octanol–water partition coefficient (Wildman–Crippen LogP) is 11.8. The molecule has 0 aliphatic carbocycles. The minimum atomic E-state index is -1.05. The van der Waals surface area contributed by atoms with Crippen LogP contribution < -0.4 is 20.9 Å². The number of halogens is 2. The van der Waals surface area contributed by atoms with Crippen molar-refractivity contribution < 1.29 is 44.8 Å². The van der Waals surface area contributed by atoms with Gasteiger partial charge in [0.1, 0.15) is 36.9 Å². The number of nitrogens with zero attached hydrogens (tertiary/aromatic N) is 6. The number of hydrogen-bond donors (Lipinski definition) is 3. The van der Waals surface area contributed by atoms with Gasteiger partial charge in [-0.25, -0.2) is 19.6 Å². The first-order valence-corrected chi connectivity index (χ1v) is 28.7. The Labute approximate surface area is 486 Å². The van der Waals surface area contributed by atoms with E-state index in [4.69, 9.17) is 43.4 Å². The Morgan fingerprint density at radius 2 is 1.07 bits per heavy atom. The molecule has 8 rings (SSSR count). The van der Waals surface area contributed by atoms with Crippen molar-refractivity contribution in [3.63, 3.8) is 0 Å². The van der Waals surface area contributed by atoms with Crippen LogP contribution in [0.3, 0.4) is 0 Å². The maximum Gasteiger partial charge on any atom is 0.356 e. The molecule has 2 aromatic heterocycles. The number of rotatable bonds is 21. The summed E-state index contributed by atoms with van der Waals surface area (Å²) in [6, 6.07) is 31.0. The third kappa shape index (κ3) is 17.3. The first-order valence-electron chi connectivity index (χ1n) is 28.0. The average molecular weight is 1150 g/mol. The molecule has 434 valence electrons. The molecular weight excluding hydrogens is 1070 g/mol. The SMILES string of the molecule is CC(C)[C@H](N)C(=O)OCc1ccccc1.CCCCN(C(=O)c1cccc(Cl)c1)c1nc2n(c1C(=O)N[C@H](C(=O)OCc1ccccc1)C(C)C)CCCC2.CCCCN(C(=O)c1cccc(Cl)c1)c1nc2n(c1C(=O)O)CCCC2.[HH]. The number of hydrogen-bond acceptors (Lipinski definition) is 11. The molecule has 2 aliphatic heterocycles. The van der Waals surface area contributed by atoms with Crippen molar-refractivity contribution in [3.8, 4) is 0 Å². The Bertz CT molecular complexity index is 3080. The van der Waals surface area contributed by atoms with E-state index in [9.17, 15) is 33.9 Å². The number of unbranched alkanes of at least 4 members (excludes halogenated alkanes) is 2. The fraction of sp³-hybridized carbons (Fsp3) is 0.419. The summed E-state index contributed by atoms with van der Waals surface area (Å²) in [4.78, 5) is 89.7. The molecular formula is C62H78Cl2N8O9. The van der Waals surface area contributed by atoms with Crippen LogP contribution in [0.15, 0.2) is 109 Å². The Balaban J connectivity index is 0.000000251. The van der Waals surface area contributed by atoms with Gasteiger partial charge in [-0.1, -0.05) is 150 Å². The van der Waals surface area contributed by atoms with Gasteiger partial charge in [0.25, 0.3) is 17.7 Å². The first-order chi connectivity index (χ1) is 38.9. The number of amides is 3. The number of esters is 2. The Hall–Kier alpha value is -7.34. The molecule has 3 amide bonds. The summed E-state index contributed by atoms with van der Waals surface area (Å²) in [6.45, 7) is 14.0. The van der Waals surface area contributed by atoms with Crippen LogP contribution in [-0.2, 0) is 58.2 Å². The largest absolute Gasteiger partial charge is 0.476 e. The lowest BCUT2D eigenvalue weighted by Crippen LogP contribution is -2.46. The monoisotopic (exact) mass is 1150 g/mol. The lowest BCUT2D eigenvalue weighted by Gasteiger charge is -2.25. The molecule has 0 unspecified atom stereocenters. The number of fused-ring (bicyclic) bond motifs is 2. The number of carboxylic acid groups (broad SMARTS) is 1. The second kappa shape index (κ2) is 31.0. The highest BCUT2D eigenvalue weighted by Crippen LogP contribution is 2.31. The number of benzene rings is 4. The number of aromatic nitrogens is 4. The number of aryl methyl sites for hydroxylation is 2. The normalized spacial score (nSPS) is 13.2.